The van der Waals surface area contributed by atoms with Crippen LogP contribution < -0.4 is 5.06 Å². The average Bonchev–Trinajstić information content (AvgIpc) is 2.54. The van der Waals surface area contributed by atoms with Crippen molar-refractivity contribution in [3.05, 3.63) is 29.3 Å². The number of benzene rings is 1. The van der Waals surface area contributed by atoms with Gasteiger partial charge in [-0.1, -0.05) is 26.3 Å². The minimum atomic E-state index is -0.332. The lowest BCUT2D eigenvalue weighted by Gasteiger charge is -2.29. The second-order valence-corrected chi connectivity index (χ2v) is 5.31. The minimum Gasteiger partial charge on any atom is -0.462 e. The number of nitrogens with zero attached hydrogens (tertiary/aromatic N) is 1. The summed E-state index contributed by atoms with van der Waals surface area (Å²) in [6.07, 6.45) is 3.55. The molecule has 0 saturated carbocycles. The van der Waals surface area contributed by atoms with Gasteiger partial charge in [0.25, 0.3) is 5.91 Å². The summed E-state index contributed by atoms with van der Waals surface area (Å²) in [5.41, 5.74) is 2.03. The number of hydroxylamine groups is 1. The fourth-order valence-electron chi connectivity index (χ4n) is 2.40. The standard InChI is InChI=1S/C17H23NO4/c1-3-5-12-22-18-15-8-6-7-14(17(20)21-11-4-2)13(15)9-10-16(18)19/h6-8H,3-5,9-12H2,1-2H3. The summed E-state index contributed by atoms with van der Waals surface area (Å²) in [5.74, 6) is -0.399. The number of anilines is 1. The Kier molecular flexibility index (Phi) is 5.95. The quantitative estimate of drug-likeness (QED) is 0.573. The maximum absolute atomic E-state index is 12.2. The number of unbranched alkanes of at least 4 members (excludes halogenated alkanes) is 1. The molecular weight excluding hydrogens is 282 g/mol. The van der Waals surface area contributed by atoms with Crippen LogP contribution in [0.25, 0.3) is 0 Å². The molecule has 0 N–H and O–H groups in total. The molecule has 120 valence electrons. The van der Waals surface area contributed by atoms with Gasteiger partial charge in [-0.15, -0.1) is 0 Å². The van der Waals surface area contributed by atoms with E-state index < -0.39 is 0 Å². The van der Waals surface area contributed by atoms with Crippen LogP contribution in [0.1, 0.15) is 55.5 Å². The molecule has 5 nitrogen and oxygen atoms in total. The first kappa shape index (κ1) is 16.5. The molecule has 1 heterocycles. The van der Waals surface area contributed by atoms with E-state index in [-0.39, 0.29) is 11.9 Å². The number of fused-ring (bicyclic) bond motifs is 1. The van der Waals surface area contributed by atoms with Gasteiger partial charge in [0, 0.05) is 6.42 Å². The number of esters is 1. The first-order valence-corrected chi connectivity index (χ1v) is 7.93. The van der Waals surface area contributed by atoms with E-state index in [1.54, 1.807) is 12.1 Å². The first-order valence-electron chi connectivity index (χ1n) is 7.93. The molecule has 1 aromatic rings. The summed E-state index contributed by atoms with van der Waals surface area (Å²) in [4.78, 5) is 29.9. The van der Waals surface area contributed by atoms with Gasteiger partial charge in [0.15, 0.2) is 0 Å². The van der Waals surface area contributed by atoms with Gasteiger partial charge in [-0.05, 0) is 37.0 Å². The van der Waals surface area contributed by atoms with Crippen LogP contribution in [-0.4, -0.2) is 25.1 Å². The Hall–Kier alpha value is -1.88. The molecule has 0 atom stereocenters. The van der Waals surface area contributed by atoms with E-state index in [1.165, 1.54) is 5.06 Å². The highest BCUT2D eigenvalue weighted by molar-refractivity contribution is 5.99. The smallest absolute Gasteiger partial charge is 0.338 e. The summed E-state index contributed by atoms with van der Waals surface area (Å²) in [6, 6.07) is 5.32. The highest BCUT2D eigenvalue weighted by atomic mass is 16.7. The Morgan fingerprint density at radius 2 is 2.00 bits per heavy atom. The van der Waals surface area contributed by atoms with Crippen molar-refractivity contribution in [2.75, 3.05) is 18.3 Å². The van der Waals surface area contributed by atoms with E-state index in [0.29, 0.717) is 37.3 Å². The Balaban J connectivity index is 2.24. The molecular formula is C17H23NO4. The van der Waals surface area contributed by atoms with Crippen molar-refractivity contribution in [1.82, 2.24) is 0 Å². The molecule has 2 rings (SSSR count). The molecule has 0 saturated heterocycles. The van der Waals surface area contributed by atoms with E-state index in [1.807, 2.05) is 13.0 Å². The molecule has 0 aromatic heterocycles. The molecule has 0 aliphatic carbocycles. The van der Waals surface area contributed by atoms with Gasteiger partial charge < -0.3 is 4.74 Å². The summed E-state index contributed by atoms with van der Waals surface area (Å²) in [7, 11) is 0. The summed E-state index contributed by atoms with van der Waals surface area (Å²) < 4.78 is 5.22. The van der Waals surface area contributed by atoms with Crippen LogP contribution in [0.3, 0.4) is 0 Å². The maximum atomic E-state index is 12.2. The van der Waals surface area contributed by atoms with Crippen molar-refractivity contribution in [3.63, 3.8) is 0 Å². The maximum Gasteiger partial charge on any atom is 0.338 e. The van der Waals surface area contributed by atoms with Crippen LogP contribution in [0.4, 0.5) is 5.69 Å². The van der Waals surface area contributed by atoms with Gasteiger partial charge in [-0.2, -0.15) is 5.06 Å². The minimum absolute atomic E-state index is 0.0670. The van der Waals surface area contributed by atoms with Crippen LogP contribution >= 0.6 is 0 Å². The van der Waals surface area contributed by atoms with Gasteiger partial charge in [-0.25, -0.2) is 4.79 Å². The molecule has 1 amide bonds. The highest BCUT2D eigenvalue weighted by Gasteiger charge is 2.28. The van der Waals surface area contributed by atoms with Crippen LogP contribution in [0.2, 0.25) is 0 Å². The predicted octanol–water partition coefficient (Wildman–Crippen LogP) is 3.26. The summed E-state index contributed by atoms with van der Waals surface area (Å²) in [6.45, 7) is 4.91. The number of hydrogen-bond donors (Lipinski definition) is 0. The van der Waals surface area contributed by atoms with E-state index in [0.717, 1.165) is 24.8 Å². The topological polar surface area (TPSA) is 55.8 Å². The zero-order valence-electron chi connectivity index (χ0n) is 13.3. The first-order chi connectivity index (χ1) is 10.7. The predicted molar refractivity (Wildman–Crippen MR) is 83.7 cm³/mol. The van der Waals surface area contributed by atoms with Crippen LogP contribution in [-0.2, 0) is 20.8 Å². The van der Waals surface area contributed by atoms with E-state index in [9.17, 15) is 9.59 Å². The van der Waals surface area contributed by atoms with E-state index in [2.05, 4.69) is 6.92 Å². The molecule has 0 spiro atoms. The van der Waals surface area contributed by atoms with Crippen LogP contribution in [0, 0.1) is 0 Å². The molecule has 0 unspecified atom stereocenters. The lowest BCUT2D eigenvalue weighted by molar-refractivity contribution is -0.126. The van der Waals surface area contributed by atoms with Gasteiger partial charge in [0.05, 0.1) is 24.5 Å². The third kappa shape index (κ3) is 3.65. The van der Waals surface area contributed by atoms with Crippen molar-refractivity contribution in [3.8, 4) is 0 Å². The van der Waals surface area contributed by atoms with Crippen molar-refractivity contribution in [1.29, 1.82) is 0 Å². The number of hydrogen-bond acceptors (Lipinski definition) is 4. The lowest BCUT2D eigenvalue weighted by atomic mass is 9.97. The van der Waals surface area contributed by atoms with Crippen LogP contribution in [0.15, 0.2) is 18.2 Å². The largest absolute Gasteiger partial charge is 0.462 e. The van der Waals surface area contributed by atoms with Gasteiger partial charge >= 0.3 is 5.97 Å². The molecule has 1 aromatic carbocycles. The zero-order valence-corrected chi connectivity index (χ0v) is 13.3. The Labute approximate surface area is 131 Å². The molecule has 0 bridgehead atoms. The number of carbonyl (C=O) groups excluding carboxylic acids is 2. The van der Waals surface area contributed by atoms with Crippen molar-refractivity contribution < 1.29 is 19.2 Å². The Bertz CT molecular complexity index is 541. The normalized spacial score (nSPS) is 13.9. The second kappa shape index (κ2) is 7.94. The highest BCUT2D eigenvalue weighted by Crippen LogP contribution is 2.31. The van der Waals surface area contributed by atoms with Gasteiger partial charge in [0.1, 0.15) is 0 Å². The number of ether oxygens (including phenoxy) is 1. The van der Waals surface area contributed by atoms with Crippen molar-refractivity contribution in [2.45, 2.75) is 46.0 Å². The number of rotatable bonds is 7. The average molecular weight is 305 g/mol. The zero-order chi connectivity index (χ0) is 15.9. The Morgan fingerprint density at radius 1 is 1.18 bits per heavy atom. The third-order valence-electron chi connectivity index (χ3n) is 3.56. The van der Waals surface area contributed by atoms with Gasteiger partial charge in [0.2, 0.25) is 0 Å². The number of carbonyl (C=O) groups is 2. The summed E-state index contributed by atoms with van der Waals surface area (Å²) in [5, 5.41) is 1.34. The van der Waals surface area contributed by atoms with Crippen molar-refractivity contribution >= 4 is 17.6 Å². The second-order valence-electron chi connectivity index (χ2n) is 5.31. The van der Waals surface area contributed by atoms with E-state index >= 15 is 0 Å². The fourth-order valence-corrected chi connectivity index (χ4v) is 2.40. The fraction of sp³-hybridized carbons (Fsp3) is 0.529. The lowest BCUT2D eigenvalue weighted by Crippen LogP contribution is -2.36. The monoisotopic (exact) mass is 305 g/mol. The van der Waals surface area contributed by atoms with Gasteiger partial charge in [-0.3, -0.25) is 9.63 Å². The molecule has 0 radical (unpaired) electrons. The molecule has 22 heavy (non-hydrogen) atoms. The molecule has 0 fully saturated rings. The summed E-state index contributed by atoms with van der Waals surface area (Å²) >= 11 is 0. The molecule has 1 aliphatic rings. The van der Waals surface area contributed by atoms with E-state index in [4.69, 9.17) is 9.57 Å². The van der Waals surface area contributed by atoms with Crippen molar-refractivity contribution in [2.24, 2.45) is 0 Å². The third-order valence-corrected chi connectivity index (χ3v) is 3.56. The number of amides is 1. The Morgan fingerprint density at radius 3 is 2.73 bits per heavy atom. The molecule has 5 heteroatoms. The van der Waals surface area contributed by atoms with Crippen LogP contribution in [0.5, 0.6) is 0 Å². The molecule has 1 aliphatic heterocycles. The SMILES string of the molecule is CCCCON1C(=O)CCc2c(C(=O)OCCC)cccc21.